The molecule has 0 spiro atoms. The molecule has 0 aliphatic heterocycles. The molecule has 0 saturated heterocycles. The molecule has 1 heteroatoms. The Bertz CT molecular complexity index is 264. The minimum absolute atomic E-state index is 0.538. The standard InChI is InChI=1S/C11H17N.C2H6/c1-5-10-6-11(8(2)3)12-7-9(10)4;1-2/h6-8H,5H2,1-4H3;1-2H3. The van der Waals surface area contributed by atoms with Crippen LogP contribution in [0.15, 0.2) is 12.3 Å². The lowest BCUT2D eigenvalue weighted by atomic mass is 10.0. The number of aryl methyl sites for hydroxylation is 2. The van der Waals surface area contributed by atoms with E-state index < -0.39 is 0 Å². The van der Waals surface area contributed by atoms with Gasteiger partial charge in [-0.2, -0.15) is 0 Å². The highest BCUT2D eigenvalue weighted by Crippen LogP contribution is 2.15. The van der Waals surface area contributed by atoms with Crippen LogP contribution in [0.1, 0.15) is 57.4 Å². The lowest BCUT2D eigenvalue weighted by Crippen LogP contribution is -1.96. The molecule has 80 valence electrons. The van der Waals surface area contributed by atoms with Crippen molar-refractivity contribution in [3.63, 3.8) is 0 Å². The summed E-state index contributed by atoms with van der Waals surface area (Å²) in [7, 11) is 0. The number of hydrogen-bond acceptors (Lipinski definition) is 1. The Morgan fingerprint density at radius 1 is 1.29 bits per heavy atom. The third-order valence-electron chi connectivity index (χ3n) is 2.21. The number of hydrogen-bond donors (Lipinski definition) is 0. The van der Waals surface area contributed by atoms with Gasteiger partial charge in [-0.3, -0.25) is 4.98 Å². The molecule has 0 radical (unpaired) electrons. The highest BCUT2D eigenvalue weighted by molar-refractivity contribution is 5.26. The van der Waals surface area contributed by atoms with Crippen molar-refractivity contribution in [3.8, 4) is 0 Å². The van der Waals surface area contributed by atoms with Gasteiger partial charge in [0.2, 0.25) is 0 Å². The average Bonchev–Trinajstić information content (AvgIpc) is 2.21. The Labute approximate surface area is 88.6 Å². The van der Waals surface area contributed by atoms with Crippen molar-refractivity contribution >= 4 is 0 Å². The van der Waals surface area contributed by atoms with Crippen LogP contribution >= 0.6 is 0 Å². The van der Waals surface area contributed by atoms with Crippen molar-refractivity contribution in [2.75, 3.05) is 0 Å². The number of aromatic nitrogens is 1. The highest BCUT2D eigenvalue weighted by Gasteiger charge is 2.02. The van der Waals surface area contributed by atoms with Crippen molar-refractivity contribution in [1.82, 2.24) is 4.98 Å². The molecule has 0 unspecified atom stereocenters. The molecule has 0 bridgehead atoms. The van der Waals surface area contributed by atoms with Gasteiger partial charge < -0.3 is 0 Å². The molecule has 0 aliphatic rings. The van der Waals surface area contributed by atoms with Crippen LogP contribution in [0.25, 0.3) is 0 Å². The van der Waals surface area contributed by atoms with Gasteiger partial charge in [0.1, 0.15) is 0 Å². The summed E-state index contributed by atoms with van der Waals surface area (Å²) in [5.74, 6) is 0.538. The molecule has 1 heterocycles. The Morgan fingerprint density at radius 2 is 1.86 bits per heavy atom. The average molecular weight is 193 g/mol. The first-order valence-electron chi connectivity index (χ1n) is 5.60. The van der Waals surface area contributed by atoms with Crippen molar-refractivity contribution in [1.29, 1.82) is 0 Å². The topological polar surface area (TPSA) is 12.9 Å². The highest BCUT2D eigenvalue weighted by atomic mass is 14.7. The van der Waals surface area contributed by atoms with Gasteiger partial charge in [0.05, 0.1) is 0 Å². The molecular weight excluding hydrogens is 170 g/mol. The molecule has 1 aromatic heterocycles. The summed E-state index contributed by atoms with van der Waals surface area (Å²) in [4.78, 5) is 4.39. The maximum Gasteiger partial charge on any atom is 0.0431 e. The first-order valence-corrected chi connectivity index (χ1v) is 5.60. The zero-order valence-electron chi connectivity index (χ0n) is 10.4. The van der Waals surface area contributed by atoms with E-state index in [1.807, 2.05) is 20.0 Å². The van der Waals surface area contributed by atoms with Crippen molar-refractivity contribution in [2.24, 2.45) is 0 Å². The molecule has 1 aromatic rings. The van der Waals surface area contributed by atoms with Gasteiger partial charge in [-0.05, 0) is 36.5 Å². The van der Waals surface area contributed by atoms with E-state index in [1.165, 1.54) is 16.8 Å². The molecule has 0 atom stereocenters. The number of rotatable bonds is 2. The Kier molecular flexibility index (Phi) is 6.18. The van der Waals surface area contributed by atoms with E-state index in [0.29, 0.717) is 5.92 Å². The second kappa shape index (κ2) is 6.58. The van der Waals surface area contributed by atoms with Gasteiger partial charge in [-0.1, -0.05) is 34.6 Å². The zero-order valence-corrected chi connectivity index (χ0v) is 10.4. The van der Waals surface area contributed by atoms with Crippen LogP contribution < -0.4 is 0 Å². The van der Waals surface area contributed by atoms with Crippen molar-refractivity contribution in [2.45, 2.75) is 53.9 Å². The first-order chi connectivity index (χ1) is 6.65. The van der Waals surface area contributed by atoms with Crippen LogP contribution in [0.4, 0.5) is 0 Å². The molecule has 0 aliphatic carbocycles. The summed E-state index contributed by atoms with van der Waals surface area (Å²) >= 11 is 0. The molecule has 0 aromatic carbocycles. The maximum atomic E-state index is 4.39. The molecule has 0 fully saturated rings. The summed E-state index contributed by atoms with van der Waals surface area (Å²) in [6.45, 7) is 12.7. The van der Waals surface area contributed by atoms with E-state index in [0.717, 1.165) is 6.42 Å². The first kappa shape index (κ1) is 13.2. The van der Waals surface area contributed by atoms with Crippen LogP contribution in [0, 0.1) is 6.92 Å². The SMILES string of the molecule is CC.CCc1cc(C(C)C)ncc1C. The van der Waals surface area contributed by atoms with Gasteiger partial charge in [0.15, 0.2) is 0 Å². The molecule has 1 nitrogen and oxygen atoms in total. The van der Waals surface area contributed by atoms with Gasteiger partial charge in [-0.25, -0.2) is 0 Å². The quantitative estimate of drug-likeness (QED) is 0.689. The van der Waals surface area contributed by atoms with E-state index in [2.05, 4.69) is 38.7 Å². The lowest BCUT2D eigenvalue weighted by molar-refractivity contribution is 0.815. The van der Waals surface area contributed by atoms with Gasteiger partial charge in [-0.15, -0.1) is 0 Å². The number of pyridine rings is 1. The second-order valence-corrected chi connectivity index (χ2v) is 3.54. The van der Waals surface area contributed by atoms with Crippen LogP contribution in [-0.2, 0) is 6.42 Å². The monoisotopic (exact) mass is 193 g/mol. The normalized spacial score (nSPS) is 9.64. The summed E-state index contributed by atoms with van der Waals surface area (Å²) in [5.41, 5.74) is 3.94. The maximum absolute atomic E-state index is 4.39. The van der Waals surface area contributed by atoms with Crippen molar-refractivity contribution < 1.29 is 0 Å². The van der Waals surface area contributed by atoms with Crippen LogP contribution in [0.5, 0.6) is 0 Å². The number of nitrogens with zero attached hydrogens (tertiary/aromatic N) is 1. The Morgan fingerprint density at radius 3 is 2.29 bits per heavy atom. The fourth-order valence-corrected chi connectivity index (χ4v) is 1.28. The van der Waals surface area contributed by atoms with E-state index in [1.54, 1.807) is 0 Å². The lowest BCUT2D eigenvalue weighted by Gasteiger charge is -2.08. The Hall–Kier alpha value is -0.850. The van der Waals surface area contributed by atoms with E-state index in [9.17, 15) is 0 Å². The Balaban J connectivity index is 0.000000791. The minimum Gasteiger partial charge on any atom is -0.261 e. The van der Waals surface area contributed by atoms with Crippen LogP contribution in [0.2, 0.25) is 0 Å². The predicted molar refractivity (Wildman–Crippen MR) is 63.8 cm³/mol. The van der Waals surface area contributed by atoms with Crippen molar-refractivity contribution in [3.05, 3.63) is 29.1 Å². The molecule has 14 heavy (non-hydrogen) atoms. The smallest absolute Gasteiger partial charge is 0.0431 e. The van der Waals surface area contributed by atoms with E-state index in [4.69, 9.17) is 0 Å². The summed E-state index contributed by atoms with van der Waals surface area (Å²) < 4.78 is 0. The van der Waals surface area contributed by atoms with Gasteiger partial charge in [0.25, 0.3) is 0 Å². The largest absolute Gasteiger partial charge is 0.261 e. The predicted octanol–water partition coefficient (Wildman–Crippen LogP) is 4.10. The van der Waals surface area contributed by atoms with Gasteiger partial charge >= 0.3 is 0 Å². The van der Waals surface area contributed by atoms with E-state index in [-0.39, 0.29) is 0 Å². The summed E-state index contributed by atoms with van der Waals surface area (Å²) in [6.07, 6.45) is 3.09. The minimum atomic E-state index is 0.538. The molecule has 0 N–H and O–H groups in total. The van der Waals surface area contributed by atoms with Crippen LogP contribution in [0.3, 0.4) is 0 Å². The third kappa shape index (κ3) is 3.49. The molecular formula is C13H23N. The fourth-order valence-electron chi connectivity index (χ4n) is 1.28. The van der Waals surface area contributed by atoms with Crippen LogP contribution in [-0.4, -0.2) is 4.98 Å². The summed E-state index contributed by atoms with van der Waals surface area (Å²) in [6, 6.07) is 2.22. The third-order valence-corrected chi connectivity index (χ3v) is 2.21. The van der Waals surface area contributed by atoms with E-state index >= 15 is 0 Å². The molecule has 0 amide bonds. The summed E-state index contributed by atoms with van der Waals surface area (Å²) in [5, 5.41) is 0. The second-order valence-electron chi connectivity index (χ2n) is 3.54. The zero-order chi connectivity index (χ0) is 11.1. The molecule has 1 rings (SSSR count). The fraction of sp³-hybridized carbons (Fsp3) is 0.615. The van der Waals surface area contributed by atoms with Gasteiger partial charge in [0, 0.05) is 11.9 Å². The molecule has 0 saturated carbocycles.